The Morgan fingerprint density at radius 2 is 1.06 bits per heavy atom. The van der Waals surface area contributed by atoms with Gasteiger partial charge in [-0.05, 0) is 76.0 Å². The van der Waals surface area contributed by atoms with E-state index in [9.17, 15) is 0 Å². The number of hydrogen-bond acceptors (Lipinski definition) is 2. The first-order valence-electron chi connectivity index (χ1n) is 18.0. The molecular formula is C49H34N2S. The Morgan fingerprint density at radius 1 is 0.462 bits per heavy atom. The third-order valence-electron chi connectivity index (χ3n) is 11.4. The Balaban J connectivity index is 1.18. The molecular weight excluding hydrogens is 649 g/mol. The van der Waals surface area contributed by atoms with Crippen LogP contribution in [0.5, 0.6) is 0 Å². The van der Waals surface area contributed by atoms with Crippen molar-refractivity contribution in [1.29, 1.82) is 0 Å². The number of aromatic nitrogens is 1. The number of benzene rings is 8. The molecule has 0 bridgehead atoms. The molecule has 2 nitrogen and oxygen atoms in total. The Morgan fingerprint density at radius 3 is 1.85 bits per heavy atom. The van der Waals surface area contributed by atoms with Gasteiger partial charge in [-0.2, -0.15) is 0 Å². The minimum absolute atomic E-state index is 0.101. The molecule has 0 amide bonds. The lowest BCUT2D eigenvalue weighted by Crippen LogP contribution is -2.16. The predicted octanol–water partition coefficient (Wildman–Crippen LogP) is 14.1. The van der Waals surface area contributed by atoms with Crippen molar-refractivity contribution in [3.05, 3.63) is 181 Å². The Kier molecular flexibility index (Phi) is 6.21. The lowest BCUT2D eigenvalue weighted by Gasteiger charge is -2.29. The summed E-state index contributed by atoms with van der Waals surface area (Å²) < 4.78 is 5.03. The average molecular weight is 683 g/mol. The standard InChI is InChI=1S/C49H34N2S/c1-49(2)40-19-8-5-17-39(40)46-41(49)20-12-23-44(46)51(45-24-11-18-37-38-30-25-31-13-3-4-14-34(31)47(38)52-48(37)45)33-28-26-32(27-29-33)50-42-21-9-6-15-35(42)36-16-7-10-22-43(36)50/h3-30H,1-2H3. The van der Waals surface area contributed by atoms with E-state index in [4.69, 9.17) is 0 Å². The van der Waals surface area contributed by atoms with E-state index in [2.05, 4.69) is 193 Å². The van der Waals surface area contributed by atoms with Crippen molar-refractivity contribution in [2.24, 2.45) is 0 Å². The van der Waals surface area contributed by atoms with Crippen LogP contribution in [0.25, 0.3) is 69.6 Å². The highest BCUT2D eigenvalue weighted by molar-refractivity contribution is 7.27. The van der Waals surface area contributed by atoms with Gasteiger partial charge in [-0.25, -0.2) is 0 Å². The summed E-state index contributed by atoms with van der Waals surface area (Å²) in [6, 6.07) is 62.7. The highest BCUT2D eigenvalue weighted by atomic mass is 32.1. The van der Waals surface area contributed by atoms with Crippen LogP contribution in [0.3, 0.4) is 0 Å². The molecule has 1 aliphatic rings. The Bertz CT molecular complexity index is 3000. The molecule has 0 aliphatic heterocycles. The van der Waals surface area contributed by atoms with Crippen LogP contribution in [0.15, 0.2) is 170 Å². The van der Waals surface area contributed by atoms with Crippen molar-refractivity contribution >= 4 is 81.1 Å². The molecule has 0 unspecified atom stereocenters. The summed E-state index contributed by atoms with van der Waals surface area (Å²) in [6.07, 6.45) is 0. The minimum Gasteiger partial charge on any atom is -0.309 e. The Hall–Kier alpha value is -6.16. The van der Waals surface area contributed by atoms with E-state index in [-0.39, 0.29) is 5.41 Å². The van der Waals surface area contributed by atoms with Crippen molar-refractivity contribution < 1.29 is 0 Å². The molecule has 0 spiro atoms. The highest BCUT2D eigenvalue weighted by Crippen LogP contribution is 2.55. The smallest absolute Gasteiger partial charge is 0.0640 e. The van der Waals surface area contributed by atoms with Crippen LogP contribution in [-0.4, -0.2) is 4.57 Å². The molecule has 2 aromatic heterocycles. The summed E-state index contributed by atoms with van der Waals surface area (Å²) in [5.74, 6) is 0. The molecule has 0 radical (unpaired) electrons. The van der Waals surface area contributed by atoms with Crippen LogP contribution >= 0.6 is 11.3 Å². The van der Waals surface area contributed by atoms with Gasteiger partial charge < -0.3 is 9.47 Å². The van der Waals surface area contributed by atoms with E-state index in [0.717, 1.165) is 11.4 Å². The third-order valence-corrected chi connectivity index (χ3v) is 12.7. The number of fused-ring (bicyclic) bond motifs is 11. The van der Waals surface area contributed by atoms with Crippen molar-refractivity contribution in [2.45, 2.75) is 19.3 Å². The summed E-state index contributed by atoms with van der Waals surface area (Å²) in [7, 11) is 0. The van der Waals surface area contributed by atoms with Crippen LogP contribution in [0.1, 0.15) is 25.0 Å². The van der Waals surface area contributed by atoms with E-state index in [1.54, 1.807) is 0 Å². The quantitative estimate of drug-likeness (QED) is 0.179. The monoisotopic (exact) mass is 682 g/mol. The zero-order valence-corrected chi connectivity index (χ0v) is 29.8. The number of para-hydroxylation sites is 2. The second kappa shape index (κ2) is 10.9. The summed E-state index contributed by atoms with van der Waals surface area (Å²) in [5.41, 5.74) is 12.4. The van der Waals surface area contributed by atoms with Gasteiger partial charge >= 0.3 is 0 Å². The number of nitrogens with zero attached hydrogens (tertiary/aromatic N) is 2. The van der Waals surface area contributed by atoms with Crippen molar-refractivity contribution in [3.8, 4) is 16.8 Å². The first-order valence-corrected chi connectivity index (χ1v) is 18.8. The predicted molar refractivity (Wildman–Crippen MR) is 223 cm³/mol. The van der Waals surface area contributed by atoms with Gasteiger partial charge in [0.2, 0.25) is 0 Å². The fourth-order valence-electron chi connectivity index (χ4n) is 8.97. The fraction of sp³-hybridized carbons (Fsp3) is 0.0612. The largest absolute Gasteiger partial charge is 0.309 e. The van der Waals surface area contributed by atoms with E-state index >= 15 is 0 Å². The molecule has 2 heterocycles. The average Bonchev–Trinajstić information content (AvgIpc) is 3.82. The second-order valence-corrected chi connectivity index (χ2v) is 15.5. The molecule has 0 fully saturated rings. The van der Waals surface area contributed by atoms with Gasteiger partial charge in [0.25, 0.3) is 0 Å². The van der Waals surface area contributed by atoms with Gasteiger partial charge in [-0.15, -0.1) is 11.3 Å². The van der Waals surface area contributed by atoms with Gasteiger partial charge in [0.15, 0.2) is 0 Å². The Labute approximate surface area is 306 Å². The molecule has 52 heavy (non-hydrogen) atoms. The SMILES string of the molecule is CC1(C)c2ccccc2-c2c(N(c3ccc(-n4c5ccccc5c5ccccc54)cc3)c3cccc4c3sc3c5ccccc5ccc43)cccc21. The molecule has 0 atom stereocenters. The molecule has 0 saturated carbocycles. The maximum Gasteiger partial charge on any atom is 0.0640 e. The number of thiophene rings is 1. The van der Waals surface area contributed by atoms with Gasteiger partial charge in [-0.1, -0.05) is 135 Å². The zero-order valence-electron chi connectivity index (χ0n) is 29.0. The van der Waals surface area contributed by atoms with Gasteiger partial charge in [0, 0.05) is 48.6 Å². The summed E-state index contributed by atoms with van der Waals surface area (Å²) in [6.45, 7) is 4.73. The number of anilines is 3. The molecule has 8 aromatic carbocycles. The van der Waals surface area contributed by atoms with Crippen LogP contribution in [0, 0.1) is 0 Å². The molecule has 246 valence electrons. The van der Waals surface area contributed by atoms with Gasteiger partial charge in [0.05, 0.1) is 27.1 Å². The van der Waals surface area contributed by atoms with E-state index in [1.807, 2.05) is 11.3 Å². The first-order chi connectivity index (χ1) is 25.6. The van der Waals surface area contributed by atoms with Crippen LogP contribution in [0.4, 0.5) is 17.1 Å². The minimum atomic E-state index is -0.101. The maximum atomic E-state index is 2.52. The van der Waals surface area contributed by atoms with E-state index in [1.165, 1.54) is 86.4 Å². The van der Waals surface area contributed by atoms with Crippen LogP contribution in [0.2, 0.25) is 0 Å². The van der Waals surface area contributed by atoms with Gasteiger partial charge in [0.1, 0.15) is 0 Å². The number of hydrogen-bond donors (Lipinski definition) is 0. The molecule has 0 N–H and O–H groups in total. The highest BCUT2D eigenvalue weighted by Gasteiger charge is 2.38. The van der Waals surface area contributed by atoms with Gasteiger partial charge in [-0.3, -0.25) is 0 Å². The molecule has 11 rings (SSSR count). The molecule has 0 saturated heterocycles. The topological polar surface area (TPSA) is 8.17 Å². The van der Waals surface area contributed by atoms with Crippen molar-refractivity contribution in [2.75, 3.05) is 4.90 Å². The fourth-order valence-corrected chi connectivity index (χ4v) is 10.3. The van der Waals surface area contributed by atoms with Crippen molar-refractivity contribution in [1.82, 2.24) is 4.57 Å². The second-order valence-electron chi connectivity index (χ2n) is 14.5. The maximum absolute atomic E-state index is 2.52. The van der Waals surface area contributed by atoms with E-state index in [0.29, 0.717) is 0 Å². The van der Waals surface area contributed by atoms with Crippen LogP contribution < -0.4 is 4.90 Å². The third kappa shape index (κ3) is 4.06. The van der Waals surface area contributed by atoms with Crippen LogP contribution in [-0.2, 0) is 5.41 Å². The summed E-state index contributed by atoms with van der Waals surface area (Å²) >= 11 is 1.91. The molecule has 3 heteroatoms. The summed E-state index contributed by atoms with van der Waals surface area (Å²) in [4.78, 5) is 2.52. The summed E-state index contributed by atoms with van der Waals surface area (Å²) in [5, 5.41) is 7.74. The lowest BCUT2D eigenvalue weighted by molar-refractivity contribution is 0.660. The lowest BCUT2D eigenvalue weighted by atomic mass is 9.82. The normalized spacial score (nSPS) is 13.3. The number of rotatable bonds is 4. The first kappa shape index (κ1) is 29.6. The molecule has 1 aliphatic carbocycles. The molecule has 10 aromatic rings. The van der Waals surface area contributed by atoms with Crippen molar-refractivity contribution in [3.63, 3.8) is 0 Å². The zero-order chi connectivity index (χ0) is 34.6. The van der Waals surface area contributed by atoms with E-state index < -0.39 is 0 Å².